The monoisotopic (exact) mass is 218 g/mol. The minimum absolute atomic E-state index is 0.304. The first-order valence-corrected chi connectivity index (χ1v) is 5.80. The lowest BCUT2D eigenvalue weighted by Gasteiger charge is -2.11. The maximum atomic E-state index is 8.69. The smallest absolute Gasteiger partial charge is 0.0637 e. The Morgan fingerprint density at radius 2 is 2.44 bits per heavy atom. The van der Waals surface area contributed by atoms with Crippen molar-refractivity contribution < 1.29 is 0 Å². The molecule has 0 amide bonds. The first-order valence-electron chi connectivity index (χ1n) is 5.80. The Kier molecular flexibility index (Phi) is 3.25. The molecule has 0 radical (unpaired) electrons. The summed E-state index contributed by atoms with van der Waals surface area (Å²) in [6.45, 7) is 1.93. The summed E-state index contributed by atoms with van der Waals surface area (Å²) in [5.41, 5.74) is 1.43. The first-order chi connectivity index (χ1) is 7.74. The molecule has 16 heavy (non-hydrogen) atoms. The third-order valence-corrected chi connectivity index (χ3v) is 3.24. The van der Waals surface area contributed by atoms with Gasteiger partial charge in [-0.3, -0.25) is 4.68 Å². The van der Waals surface area contributed by atoms with Crippen LogP contribution in [0.1, 0.15) is 25.0 Å². The molecule has 1 heterocycles. The number of aromatic nitrogens is 2. The molecule has 0 aromatic carbocycles. The fourth-order valence-corrected chi connectivity index (χ4v) is 1.93. The zero-order valence-electron chi connectivity index (χ0n) is 9.74. The maximum absolute atomic E-state index is 8.69. The number of nitrogens with zero attached hydrogens (tertiary/aromatic N) is 3. The van der Waals surface area contributed by atoms with Crippen LogP contribution in [-0.2, 0) is 13.5 Å². The number of nitriles is 1. The van der Waals surface area contributed by atoms with E-state index in [9.17, 15) is 0 Å². The van der Waals surface area contributed by atoms with Crippen LogP contribution in [0.2, 0.25) is 0 Å². The van der Waals surface area contributed by atoms with E-state index >= 15 is 0 Å². The van der Waals surface area contributed by atoms with Crippen LogP contribution in [0.25, 0.3) is 0 Å². The highest BCUT2D eigenvalue weighted by Gasteiger charge is 2.41. The second-order valence-electron chi connectivity index (χ2n) is 4.74. The van der Waals surface area contributed by atoms with Gasteiger partial charge in [0.15, 0.2) is 0 Å². The average Bonchev–Trinajstić information content (AvgIpc) is 2.90. The number of hydrogen-bond acceptors (Lipinski definition) is 3. The van der Waals surface area contributed by atoms with Crippen LogP contribution in [0, 0.1) is 16.7 Å². The molecule has 0 spiro atoms. The number of nitrogens with one attached hydrogen (secondary N) is 1. The van der Waals surface area contributed by atoms with E-state index in [0.29, 0.717) is 11.8 Å². The van der Waals surface area contributed by atoms with Gasteiger partial charge in [0.25, 0.3) is 0 Å². The second kappa shape index (κ2) is 4.67. The topological polar surface area (TPSA) is 53.6 Å². The quantitative estimate of drug-likeness (QED) is 0.731. The Labute approximate surface area is 96.3 Å². The summed E-state index contributed by atoms with van der Waals surface area (Å²) < 4.78 is 1.83. The average molecular weight is 218 g/mol. The molecular formula is C12H18N4. The van der Waals surface area contributed by atoms with Gasteiger partial charge in [-0.15, -0.1) is 0 Å². The van der Waals surface area contributed by atoms with Crippen LogP contribution >= 0.6 is 0 Å². The minimum Gasteiger partial charge on any atom is -0.316 e. The molecule has 1 fully saturated rings. The Morgan fingerprint density at radius 3 is 3.00 bits per heavy atom. The minimum atomic E-state index is 0.304. The predicted molar refractivity (Wildman–Crippen MR) is 61.7 cm³/mol. The van der Waals surface area contributed by atoms with Crippen LogP contribution in [0.4, 0.5) is 0 Å². The lowest BCUT2D eigenvalue weighted by atomic mass is 10.0. The van der Waals surface area contributed by atoms with Crippen molar-refractivity contribution in [2.75, 3.05) is 13.1 Å². The standard InChI is InChI=1S/C12H18N4/c1-16-9-3-11(15-16)2-8-14-10-12(4-5-12)6-7-13/h3,9,14H,2,4-6,8,10H2,1H3. The predicted octanol–water partition coefficient (Wildman–Crippen LogP) is 1.25. The van der Waals surface area contributed by atoms with E-state index in [2.05, 4.69) is 16.5 Å². The van der Waals surface area contributed by atoms with E-state index in [1.54, 1.807) is 0 Å². The number of rotatable bonds is 6. The van der Waals surface area contributed by atoms with Crippen molar-refractivity contribution in [3.05, 3.63) is 18.0 Å². The maximum Gasteiger partial charge on any atom is 0.0637 e. The first kappa shape index (κ1) is 11.2. The molecular weight excluding hydrogens is 200 g/mol. The molecule has 4 nitrogen and oxygen atoms in total. The summed E-state index contributed by atoms with van der Waals surface area (Å²) in [5, 5.41) is 16.4. The Balaban J connectivity index is 1.64. The lowest BCUT2D eigenvalue weighted by Crippen LogP contribution is -2.25. The molecule has 1 N–H and O–H groups in total. The molecule has 0 atom stereocenters. The van der Waals surface area contributed by atoms with Crippen LogP contribution in [0.15, 0.2) is 12.3 Å². The van der Waals surface area contributed by atoms with Crippen LogP contribution < -0.4 is 5.32 Å². The Bertz CT molecular complexity index is 384. The van der Waals surface area contributed by atoms with Gasteiger partial charge in [0.05, 0.1) is 11.8 Å². The van der Waals surface area contributed by atoms with Gasteiger partial charge in [-0.1, -0.05) is 0 Å². The van der Waals surface area contributed by atoms with Gasteiger partial charge in [-0.2, -0.15) is 10.4 Å². The Morgan fingerprint density at radius 1 is 1.62 bits per heavy atom. The van der Waals surface area contributed by atoms with Gasteiger partial charge in [0.1, 0.15) is 0 Å². The van der Waals surface area contributed by atoms with Gasteiger partial charge in [-0.05, 0) is 24.3 Å². The van der Waals surface area contributed by atoms with Crippen molar-refractivity contribution in [3.63, 3.8) is 0 Å². The lowest BCUT2D eigenvalue weighted by molar-refractivity contribution is 0.468. The summed E-state index contributed by atoms with van der Waals surface area (Å²) in [6.07, 6.45) is 6.04. The summed E-state index contributed by atoms with van der Waals surface area (Å²) in [5.74, 6) is 0. The number of aryl methyl sites for hydroxylation is 1. The summed E-state index contributed by atoms with van der Waals surface area (Å²) in [4.78, 5) is 0. The fraction of sp³-hybridized carbons (Fsp3) is 0.667. The molecule has 1 aromatic rings. The molecule has 0 aliphatic heterocycles. The SMILES string of the molecule is Cn1ccc(CCNCC2(CC#N)CC2)n1. The molecule has 1 aromatic heterocycles. The molecule has 86 valence electrons. The van der Waals surface area contributed by atoms with E-state index in [0.717, 1.165) is 25.2 Å². The van der Waals surface area contributed by atoms with Crippen molar-refractivity contribution >= 4 is 0 Å². The van der Waals surface area contributed by atoms with Crippen LogP contribution in [0.5, 0.6) is 0 Å². The van der Waals surface area contributed by atoms with E-state index in [4.69, 9.17) is 5.26 Å². The third-order valence-electron chi connectivity index (χ3n) is 3.24. The zero-order chi connectivity index (χ0) is 11.4. The molecule has 1 saturated carbocycles. The fourth-order valence-electron chi connectivity index (χ4n) is 1.93. The highest BCUT2D eigenvalue weighted by atomic mass is 15.2. The van der Waals surface area contributed by atoms with Gasteiger partial charge < -0.3 is 5.32 Å². The van der Waals surface area contributed by atoms with Crippen molar-refractivity contribution in [2.45, 2.75) is 25.7 Å². The molecule has 2 rings (SSSR count). The normalized spacial score (nSPS) is 17.0. The van der Waals surface area contributed by atoms with Crippen molar-refractivity contribution in [1.29, 1.82) is 5.26 Å². The summed E-state index contributed by atoms with van der Waals surface area (Å²) >= 11 is 0. The van der Waals surface area contributed by atoms with Crippen molar-refractivity contribution in [1.82, 2.24) is 15.1 Å². The Hall–Kier alpha value is -1.34. The van der Waals surface area contributed by atoms with Crippen LogP contribution in [0.3, 0.4) is 0 Å². The zero-order valence-corrected chi connectivity index (χ0v) is 9.74. The molecule has 4 heteroatoms. The molecule has 0 bridgehead atoms. The largest absolute Gasteiger partial charge is 0.316 e. The highest BCUT2D eigenvalue weighted by molar-refractivity contribution is 5.02. The van der Waals surface area contributed by atoms with Gasteiger partial charge in [0, 0.05) is 39.2 Å². The summed E-state index contributed by atoms with van der Waals surface area (Å²) in [6, 6.07) is 4.32. The van der Waals surface area contributed by atoms with E-state index in [1.807, 2.05) is 24.0 Å². The van der Waals surface area contributed by atoms with E-state index in [-0.39, 0.29) is 0 Å². The molecule has 1 aliphatic carbocycles. The highest BCUT2D eigenvalue weighted by Crippen LogP contribution is 2.47. The van der Waals surface area contributed by atoms with E-state index < -0.39 is 0 Å². The van der Waals surface area contributed by atoms with Gasteiger partial charge in [0.2, 0.25) is 0 Å². The molecule has 1 aliphatic rings. The van der Waals surface area contributed by atoms with Crippen molar-refractivity contribution in [2.24, 2.45) is 12.5 Å². The van der Waals surface area contributed by atoms with Crippen molar-refractivity contribution in [3.8, 4) is 6.07 Å². The second-order valence-corrected chi connectivity index (χ2v) is 4.74. The van der Waals surface area contributed by atoms with Crippen LogP contribution in [-0.4, -0.2) is 22.9 Å². The molecule has 0 saturated heterocycles. The van der Waals surface area contributed by atoms with Gasteiger partial charge >= 0.3 is 0 Å². The number of hydrogen-bond donors (Lipinski definition) is 1. The third kappa shape index (κ3) is 2.83. The van der Waals surface area contributed by atoms with E-state index in [1.165, 1.54) is 12.8 Å². The molecule has 0 unspecified atom stereocenters. The van der Waals surface area contributed by atoms with Gasteiger partial charge in [-0.25, -0.2) is 0 Å². The summed E-state index contributed by atoms with van der Waals surface area (Å²) in [7, 11) is 1.93.